The van der Waals surface area contributed by atoms with Crippen molar-refractivity contribution >= 4 is 5.91 Å². The minimum Gasteiger partial charge on any atom is -0.454 e. The second-order valence-corrected chi connectivity index (χ2v) is 5.68. The highest BCUT2D eigenvalue weighted by Gasteiger charge is 2.22. The van der Waals surface area contributed by atoms with Crippen molar-refractivity contribution in [3.8, 4) is 11.5 Å². The molecule has 0 unspecified atom stereocenters. The Kier molecular flexibility index (Phi) is 4.29. The molecular weight excluding hydrogens is 268 g/mol. The number of benzene rings is 1. The van der Waals surface area contributed by atoms with Gasteiger partial charge in [0.1, 0.15) is 0 Å². The van der Waals surface area contributed by atoms with E-state index in [-0.39, 0.29) is 18.7 Å². The van der Waals surface area contributed by atoms with Crippen molar-refractivity contribution in [3.05, 3.63) is 23.8 Å². The van der Waals surface area contributed by atoms with Gasteiger partial charge >= 0.3 is 0 Å². The standard InChI is InChI=1S/C16H22N2O3/c1-12(18-7-3-2-4-8-18)16(19)17-10-13-5-6-14-15(9-13)21-11-20-14/h5-6,9,12H,2-4,7-8,10-11H2,1H3,(H,17,19)/t12-/m0/s1. The first-order chi connectivity index (χ1) is 10.2. The van der Waals surface area contributed by atoms with E-state index in [9.17, 15) is 4.79 Å². The van der Waals surface area contributed by atoms with E-state index < -0.39 is 0 Å². The lowest BCUT2D eigenvalue weighted by Crippen LogP contribution is -2.46. The third-order valence-corrected chi connectivity index (χ3v) is 4.22. The van der Waals surface area contributed by atoms with E-state index >= 15 is 0 Å². The second-order valence-electron chi connectivity index (χ2n) is 5.68. The number of ether oxygens (including phenoxy) is 2. The minimum atomic E-state index is -0.0562. The Balaban J connectivity index is 1.53. The summed E-state index contributed by atoms with van der Waals surface area (Å²) in [4.78, 5) is 14.5. The molecule has 5 nitrogen and oxygen atoms in total. The molecule has 0 radical (unpaired) electrons. The zero-order chi connectivity index (χ0) is 14.7. The SMILES string of the molecule is C[C@@H](C(=O)NCc1ccc2c(c1)OCO2)N1CCCCC1. The molecule has 1 atom stereocenters. The predicted molar refractivity (Wildman–Crippen MR) is 79.3 cm³/mol. The number of amides is 1. The normalized spacial score (nSPS) is 19.3. The van der Waals surface area contributed by atoms with E-state index in [1.807, 2.05) is 25.1 Å². The molecule has 5 heteroatoms. The molecule has 0 spiro atoms. The van der Waals surface area contributed by atoms with Crippen molar-refractivity contribution in [1.29, 1.82) is 0 Å². The van der Waals surface area contributed by atoms with Gasteiger partial charge in [0.2, 0.25) is 12.7 Å². The minimum absolute atomic E-state index is 0.0562. The monoisotopic (exact) mass is 290 g/mol. The molecule has 21 heavy (non-hydrogen) atoms. The Morgan fingerprint density at radius 1 is 1.24 bits per heavy atom. The first kappa shape index (κ1) is 14.2. The van der Waals surface area contributed by atoms with Gasteiger partial charge < -0.3 is 14.8 Å². The summed E-state index contributed by atoms with van der Waals surface area (Å²) in [6, 6.07) is 5.71. The van der Waals surface area contributed by atoms with Crippen LogP contribution in [0.4, 0.5) is 0 Å². The molecule has 0 aromatic heterocycles. The number of fused-ring (bicyclic) bond motifs is 1. The van der Waals surface area contributed by atoms with Crippen molar-refractivity contribution in [2.24, 2.45) is 0 Å². The van der Waals surface area contributed by atoms with E-state index in [2.05, 4.69) is 10.2 Å². The number of carbonyl (C=O) groups excluding carboxylic acids is 1. The van der Waals surface area contributed by atoms with Gasteiger partial charge in [-0.15, -0.1) is 0 Å². The molecule has 3 rings (SSSR count). The fourth-order valence-electron chi connectivity index (χ4n) is 2.86. The van der Waals surface area contributed by atoms with E-state index in [4.69, 9.17) is 9.47 Å². The highest BCUT2D eigenvalue weighted by molar-refractivity contribution is 5.81. The Morgan fingerprint density at radius 3 is 2.81 bits per heavy atom. The lowest BCUT2D eigenvalue weighted by molar-refractivity contribution is -0.126. The molecule has 1 aromatic carbocycles. The van der Waals surface area contributed by atoms with Gasteiger partial charge in [-0.25, -0.2) is 0 Å². The number of hydrogen-bond donors (Lipinski definition) is 1. The van der Waals surface area contributed by atoms with Crippen LogP contribution >= 0.6 is 0 Å². The molecule has 0 saturated carbocycles. The van der Waals surface area contributed by atoms with Gasteiger partial charge in [-0.3, -0.25) is 9.69 Å². The zero-order valence-electron chi connectivity index (χ0n) is 12.4. The lowest BCUT2D eigenvalue weighted by Gasteiger charge is -2.31. The molecule has 1 amide bonds. The van der Waals surface area contributed by atoms with Crippen LogP contribution < -0.4 is 14.8 Å². The van der Waals surface area contributed by atoms with Gasteiger partial charge in [0, 0.05) is 6.54 Å². The summed E-state index contributed by atoms with van der Waals surface area (Å²) in [5.74, 6) is 1.62. The fraction of sp³-hybridized carbons (Fsp3) is 0.562. The average Bonchev–Trinajstić information content (AvgIpc) is 3.00. The molecule has 0 aliphatic carbocycles. The van der Waals surface area contributed by atoms with E-state index in [1.54, 1.807) is 0 Å². The number of carbonyl (C=O) groups is 1. The Morgan fingerprint density at radius 2 is 2.00 bits per heavy atom. The Hall–Kier alpha value is -1.75. The molecule has 2 aliphatic heterocycles. The summed E-state index contributed by atoms with van der Waals surface area (Å²) >= 11 is 0. The third kappa shape index (κ3) is 3.29. The molecule has 1 fully saturated rings. The summed E-state index contributed by atoms with van der Waals surface area (Å²) in [7, 11) is 0. The van der Waals surface area contributed by atoms with Crippen molar-refractivity contribution in [1.82, 2.24) is 10.2 Å². The smallest absolute Gasteiger partial charge is 0.237 e. The van der Waals surface area contributed by atoms with Crippen LogP contribution in [-0.2, 0) is 11.3 Å². The number of rotatable bonds is 4. The molecule has 0 bridgehead atoms. The van der Waals surface area contributed by atoms with Gasteiger partial charge in [0.05, 0.1) is 6.04 Å². The van der Waals surface area contributed by atoms with Crippen LogP contribution in [0.2, 0.25) is 0 Å². The first-order valence-corrected chi connectivity index (χ1v) is 7.64. The van der Waals surface area contributed by atoms with Crippen LogP contribution in [0.5, 0.6) is 11.5 Å². The first-order valence-electron chi connectivity index (χ1n) is 7.64. The Bertz CT molecular complexity index is 512. The largest absolute Gasteiger partial charge is 0.454 e. The fourth-order valence-corrected chi connectivity index (χ4v) is 2.86. The Labute approximate surface area is 125 Å². The predicted octanol–water partition coefficient (Wildman–Crippen LogP) is 1.91. The van der Waals surface area contributed by atoms with Crippen LogP contribution in [0.15, 0.2) is 18.2 Å². The quantitative estimate of drug-likeness (QED) is 0.920. The lowest BCUT2D eigenvalue weighted by atomic mass is 10.1. The van der Waals surface area contributed by atoms with Crippen molar-refractivity contribution in [3.63, 3.8) is 0 Å². The van der Waals surface area contributed by atoms with Crippen molar-refractivity contribution in [2.45, 2.75) is 38.8 Å². The molecule has 1 N–H and O–H groups in total. The van der Waals surface area contributed by atoms with Gasteiger partial charge in [-0.05, 0) is 50.6 Å². The van der Waals surface area contributed by atoms with Gasteiger partial charge in [0.25, 0.3) is 0 Å². The number of piperidine rings is 1. The number of likely N-dealkylation sites (tertiary alicyclic amines) is 1. The maximum atomic E-state index is 12.2. The summed E-state index contributed by atoms with van der Waals surface area (Å²) < 4.78 is 10.6. The molecular formula is C16H22N2O3. The summed E-state index contributed by atoms with van der Waals surface area (Å²) in [6.45, 7) is 4.84. The van der Waals surface area contributed by atoms with E-state index in [0.29, 0.717) is 6.54 Å². The van der Waals surface area contributed by atoms with Gasteiger partial charge in [0.15, 0.2) is 11.5 Å². The third-order valence-electron chi connectivity index (χ3n) is 4.22. The molecule has 1 aromatic rings. The zero-order valence-corrected chi connectivity index (χ0v) is 12.4. The number of nitrogens with one attached hydrogen (secondary N) is 1. The average molecular weight is 290 g/mol. The van der Waals surface area contributed by atoms with E-state index in [1.165, 1.54) is 19.3 Å². The van der Waals surface area contributed by atoms with Crippen LogP contribution in [0.25, 0.3) is 0 Å². The van der Waals surface area contributed by atoms with Crippen LogP contribution in [0, 0.1) is 0 Å². The molecule has 114 valence electrons. The van der Waals surface area contributed by atoms with Gasteiger partial charge in [-0.1, -0.05) is 12.5 Å². The second kappa shape index (κ2) is 6.35. The van der Waals surface area contributed by atoms with Crippen LogP contribution in [-0.4, -0.2) is 36.7 Å². The molecule has 1 saturated heterocycles. The maximum absolute atomic E-state index is 12.2. The maximum Gasteiger partial charge on any atom is 0.237 e. The molecule has 2 aliphatic rings. The van der Waals surface area contributed by atoms with Crippen molar-refractivity contribution < 1.29 is 14.3 Å². The summed E-state index contributed by atoms with van der Waals surface area (Å²) in [5.41, 5.74) is 1.03. The highest BCUT2D eigenvalue weighted by Crippen LogP contribution is 2.32. The van der Waals surface area contributed by atoms with Crippen LogP contribution in [0.1, 0.15) is 31.7 Å². The van der Waals surface area contributed by atoms with Crippen LogP contribution in [0.3, 0.4) is 0 Å². The van der Waals surface area contributed by atoms with Gasteiger partial charge in [-0.2, -0.15) is 0 Å². The number of nitrogens with zero attached hydrogens (tertiary/aromatic N) is 1. The van der Waals surface area contributed by atoms with Crippen molar-refractivity contribution in [2.75, 3.05) is 19.9 Å². The van der Waals surface area contributed by atoms with E-state index in [0.717, 1.165) is 30.2 Å². The molecule has 2 heterocycles. The topological polar surface area (TPSA) is 50.8 Å². The highest BCUT2D eigenvalue weighted by atomic mass is 16.7. The number of hydrogen-bond acceptors (Lipinski definition) is 4. The summed E-state index contributed by atoms with van der Waals surface area (Å²) in [5, 5.41) is 3.01. The summed E-state index contributed by atoms with van der Waals surface area (Å²) in [6.07, 6.45) is 3.67.